The van der Waals surface area contributed by atoms with Crippen LogP contribution in [0.2, 0.25) is 0 Å². The van der Waals surface area contributed by atoms with Crippen LogP contribution in [0.5, 0.6) is 11.5 Å². The molecule has 2 aromatic carbocycles. The monoisotopic (exact) mass is 429 g/mol. The highest BCUT2D eigenvalue weighted by Crippen LogP contribution is 2.22. The molecule has 2 aromatic heterocycles. The highest BCUT2D eigenvalue weighted by molar-refractivity contribution is 6.00. The Labute approximate surface area is 186 Å². The lowest BCUT2D eigenvalue weighted by molar-refractivity contribution is 0.0474. The molecule has 2 heterocycles. The van der Waals surface area contributed by atoms with Crippen molar-refractivity contribution in [3.8, 4) is 11.5 Å². The molecule has 0 saturated heterocycles. The van der Waals surface area contributed by atoms with Crippen LogP contribution < -0.4 is 4.74 Å². The quantitative estimate of drug-likeness (QED) is 0.270. The number of esters is 1. The maximum absolute atomic E-state index is 12.7. The van der Waals surface area contributed by atoms with Crippen LogP contribution in [-0.2, 0) is 11.3 Å². The minimum Gasteiger partial charge on any atom is -0.467 e. The van der Waals surface area contributed by atoms with Crippen LogP contribution >= 0.6 is 0 Å². The molecule has 0 radical (unpaired) electrons. The molecule has 0 saturated carbocycles. The van der Waals surface area contributed by atoms with Crippen molar-refractivity contribution >= 4 is 11.8 Å². The van der Waals surface area contributed by atoms with Gasteiger partial charge in [0, 0.05) is 17.0 Å². The summed E-state index contributed by atoms with van der Waals surface area (Å²) in [7, 11) is 0. The van der Waals surface area contributed by atoms with Gasteiger partial charge >= 0.3 is 5.97 Å². The first kappa shape index (κ1) is 21.2. The number of aromatic nitrogens is 1. The molecule has 6 nitrogen and oxygen atoms in total. The fraction of sp³-hybridized carbons (Fsp3) is 0.154. The van der Waals surface area contributed by atoms with E-state index in [9.17, 15) is 9.59 Å². The number of aryl methyl sites for hydroxylation is 1. The fourth-order valence-corrected chi connectivity index (χ4v) is 3.49. The van der Waals surface area contributed by atoms with Crippen LogP contribution in [0.25, 0.3) is 0 Å². The summed E-state index contributed by atoms with van der Waals surface area (Å²) >= 11 is 0. The third kappa shape index (κ3) is 4.81. The molecule has 0 aliphatic carbocycles. The predicted octanol–water partition coefficient (Wildman–Crippen LogP) is 5.58. The molecule has 0 unspecified atom stereocenters. The number of ketones is 1. The first-order chi connectivity index (χ1) is 15.5. The molecule has 0 aliphatic heterocycles. The van der Waals surface area contributed by atoms with Gasteiger partial charge in [0.25, 0.3) is 0 Å². The number of rotatable bonds is 8. The summed E-state index contributed by atoms with van der Waals surface area (Å²) in [6, 6.07) is 21.5. The van der Waals surface area contributed by atoms with Gasteiger partial charge in [0.2, 0.25) is 5.78 Å². The Bertz CT molecular complexity index is 1220. The van der Waals surface area contributed by atoms with Crippen molar-refractivity contribution < 1.29 is 23.5 Å². The largest absolute Gasteiger partial charge is 0.467 e. The zero-order chi connectivity index (χ0) is 22.5. The van der Waals surface area contributed by atoms with E-state index in [-0.39, 0.29) is 12.4 Å². The van der Waals surface area contributed by atoms with E-state index in [1.54, 1.807) is 30.5 Å². The van der Waals surface area contributed by atoms with E-state index < -0.39 is 5.97 Å². The smallest absolute Gasteiger partial charge is 0.338 e. The van der Waals surface area contributed by atoms with Crippen LogP contribution in [0, 0.1) is 13.8 Å². The lowest BCUT2D eigenvalue weighted by atomic mass is 10.1. The lowest BCUT2D eigenvalue weighted by Crippen LogP contribution is -2.15. The zero-order valence-corrected chi connectivity index (χ0v) is 17.9. The molecule has 162 valence electrons. The highest BCUT2D eigenvalue weighted by atomic mass is 16.5. The molecule has 0 fully saturated rings. The summed E-state index contributed by atoms with van der Waals surface area (Å²) < 4.78 is 18.4. The third-order valence-electron chi connectivity index (χ3n) is 5.15. The second-order valence-corrected chi connectivity index (χ2v) is 7.39. The number of carbonyl (C=O) groups excluding carboxylic acids is 2. The Morgan fingerprint density at radius 2 is 1.69 bits per heavy atom. The predicted molar refractivity (Wildman–Crippen MR) is 119 cm³/mol. The number of benzene rings is 2. The highest BCUT2D eigenvalue weighted by Gasteiger charge is 2.18. The van der Waals surface area contributed by atoms with Crippen molar-refractivity contribution in [1.29, 1.82) is 0 Å². The summed E-state index contributed by atoms with van der Waals surface area (Å²) in [5.41, 5.74) is 2.58. The summed E-state index contributed by atoms with van der Waals surface area (Å²) in [5.74, 6) is 1.14. The van der Waals surface area contributed by atoms with Crippen LogP contribution in [0.3, 0.4) is 0 Å². The lowest BCUT2D eigenvalue weighted by Gasteiger charge is -2.09. The van der Waals surface area contributed by atoms with Gasteiger partial charge in [-0.25, -0.2) is 4.79 Å². The summed E-state index contributed by atoms with van der Waals surface area (Å²) in [6.45, 7) is 3.99. The Balaban J connectivity index is 1.40. The van der Waals surface area contributed by atoms with Crippen molar-refractivity contribution in [3.63, 3.8) is 0 Å². The van der Waals surface area contributed by atoms with Crippen molar-refractivity contribution in [2.45, 2.75) is 20.4 Å². The van der Waals surface area contributed by atoms with Crippen LogP contribution in [0.15, 0.2) is 83.5 Å². The molecule has 0 aliphatic rings. The van der Waals surface area contributed by atoms with E-state index in [0.717, 1.165) is 17.1 Å². The second-order valence-electron chi connectivity index (χ2n) is 7.39. The van der Waals surface area contributed by atoms with E-state index in [4.69, 9.17) is 13.9 Å². The average molecular weight is 429 g/mol. The van der Waals surface area contributed by atoms with Gasteiger partial charge in [-0.05, 0) is 62.4 Å². The summed E-state index contributed by atoms with van der Waals surface area (Å²) in [6.07, 6.45) is 1.62. The molecule has 4 aromatic rings. The maximum atomic E-state index is 12.7. The average Bonchev–Trinajstić information content (AvgIpc) is 3.42. The maximum Gasteiger partial charge on any atom is 0.338 e. The molecular weight excluding hydrogens is 406 g/mol. The second kappa shape index (κ2) is 9.39. The van der Waals surface area contributed by atoms with Crippen molar-refractivity contribution in [1.82, 2.24) is 4.57 Å². The van der Waals surface area contributed by atoms with Crippen LogP contribution in [0.1, 0.15) is 37.9 Å². The first-order valence-electron chi connectivity index (χ1n) is 10.2. The van der Waals surface area contributed by atoms with Crippen LogP contribution in [-0.4, -0.2) is 22.9 Å². The van der Waals surface area contributed by atoms with E-state index in [0.29, 0.717) is 29.2 Å². The number of furan rings is 1. The Morgan fingerprint density at radius 3 is 2.44 bits per heavy atom. The number of nitrogens with zero attached hydrogens (tertiary/aromatic N) is 1. The van der Waals surface area contributed by atoms with Crippen molar-refractivity contribution in [2.75, 3.05) is 6.61 Å². The van der Waals surface area contributed by atoms with Gasteiger partial charge in [0.15, 0.2) is 6.61 Å². The van der Waals surface area contributed by atoms with Gasteiger partial charge in [-0.1, -0.05) is 24.3 Å². The zero-order valence-electron chi connectivity index (χ0n) is 17.9. The molecule has 0 bridgehead atoms. The van der Waals surface area contributed by atoms with Crippen molar-refractivity contribution in [2.24, 2.45) is 0 Å². The van der Waals surface area contributed by atoms with Gasteiger partial charge in [0.1, 0.15) is 17.3 Å². The van der Waals surface area contributed by atoms with E-state index in [2.05, 4.69) is 0 Å². The molecule has 0 spiro atoms. The number of hydrogen-bond acceptors (Lipinski definition) is 5. The molecule has 32 heavy (non-hydrogen) atoms. The molecular formula is C26H23NO5. The Morgan fingerprint density at radius 1 is 0.906 bits per heavy atom. The Hall–Kier alpha value is -4.06. The van der Waals surface area contributed by atoms with E-state index in [1.165, 1.54) is 0 Å². The number of para-hydroxylation sites is 1. The van der Waals surface area contributed by atoms with Crippen LogP contribution in [0.4, 0.5) is 0 Å². The summed E-state index contributed by atoms with van der Waals surface area (Å²) in [5, 5.41) is 0. The minimum atomic E-state index is -0.582. The third-order valence-corrected chi connectivity index (χ3v) is 5.15. The van der Waals surface area contributed by atoms with Gasteiger partial charge < -0.3 is 18.5 Å². The normalized spacial score (nSPS) is 10.7. The van der Waals surface area contributed by atoms with Gasteiger partial charge in [-0.2, -0.15) is 0 Å². The number of Topliss-reactive ketones (excluding diaryl/α,β-unsaturated/α-hetero) is 1. The van der Waals surface area contributed by atoms with E-state index >= 15 is 0 Å². The topological polar surface area (TPSA) is 70.7 Å². The van der Waals surface area contributed by atoms with E-state index in [1.807, 2.05) is 66.9 Å². The molecule has 6 heteroatoms. The summed E-state index contributed by atoms with van der Waals surface area (Å²) in [4.78, 5) is 25.2. The van der Waals surface area contributed by atoms with Crippen molar-refractivity contribution in [3.05, 3.63) is 107 Å². The molecule has 0 N–H and O–H groups in total. The fourth-order valence-electron chi connectivity index (χ4n) is 3.49. The first-order valence-corrected chi connectivity index (χ1v) is 10.2. The van der Waals surface area contributed by atoms with Gasteiger partial charge in [-0.3, -0.25) is 4.79 Å². The SMILES string of the molecule is Cc1cc(C(=O)COC(=O)c2cccc(Oc3ccccc3)c2)c(C)n1Cc1ccco1. The standard InChI is InChI=1S/C26H23NO5/c1-18-14-24(19(2)27(18)16-23-12-7-13-30-23)25(28)17-31-26(29)20-8-6-11-22(15-20)32-21-9-4-3-5-10-21/h3-15H,16-17H2,1-2H3. The molecule has 0 atom stereocenters. The number of ether oxygens (including phenoxy) is 2. The molecule has 0 amide bonds. The van der Waals surface area contributed by atoms with Gasteiger partial charge in [0.05, 0.1) is 18.4 Å². The number of hydrogen-bond donors (Lipinski definition) is 0. The number of carbonyl (C=O) groups is 2. The molecule has 4 rings (SSSR count). The Kier molecular flexibility index (Phi) is 6.22. The minimum absolute atomic E-state index is 0.256. The van der Waals surface area contributed by atoms with Gasteiger partial charge in [-0.15, -0.1) is 0 Å².